The van der Waals surface area contributed by atoms with Crippen molar-refractivity contribution in [2.24, 2.45) is 5.73 Å². The minimum absolute atomic E-state index is 0.0231. The summed E-state index contributed by atoms with van der Waals surface area (Å²) in [5, 5.41) is 16.0. The van der Waals surface area contributed by atoms with E-state index >= 15 is 0 Å². The Labute approximate surface area is 73.3 Å². The molecule has 0 aliphatic carbocycles. The molecule has 70 valence electrons. The third-order valence-corrected chi connectivity index (χ3v) is 1.49. The van der Waals surface area contributed by atoms with Crippen LogP contribution >= 0.6 is 0 Å². The first kappa shape index (κ1) is 9.44. The second-order valence-corrected chi connectivity index (χ2v) is 2.60. The summed E-state index contributed by atoms with van der Waals surface area (Å²) in [7, 11) is 0. The van der Waals surface area contributed by atoms with E-state index in [9.17, 15) is 8.78 Å². The molecule has 5 heteroatoms. The van der Waals surface area contributed by atoms with E-state index in [1.807, 2.05) is 0 Å². The smallest absolute Gasteiger partial charge is 0.168 e. The Bertz CT molecular complexity index is 352. The maximum Gasteiger partial charge on any atom is 0.168 e. The van der Waals surface area contributed by atoms with Gasteiger partial charge in [-0.25, -0.2) is 8.78 Å². The highest BCUT2D eigenvalue weighted by Gasteiger charge is 2.10. The molecule has 1 aromatic carbocycles. The van der Waals surface area contributed by atoms with E-state index in [1.54, 1.807) is 0 Å². The highest BCUT2D eigenvalue weighted by Crippen LogP contribution is 2.22. The van der Waals surface area contributed by atoms with Crippen LogP contribution in [0.5, 0.6) is 5.75 Å². The quantitative estimate of drug-likeness (QED) is 0.479. The Morgan fingerprint density at radius 1 is 1.46 bits per heavy atom. The number of hydrogen-bond acceptors (Lipinski definition) is 2. The average molecular weight is 186 g/mol. The van der Waals surface area contributed by atoms with Crippen LogP contribution in [0.2, 0.25) is 0 Å². The molecule has 0 aromatic heterocycles. The van der Waals surface area contributed by atoms with Crippen molar-refractivity contribution in [3.05, 3.63) is 29.3 Å². The average Bonchev–Trinajstić information content (AvgIpc) is 1.98. The number of phenols is 1. The Morgan fingerprint density at radius 3 is 2.62 bits per heavy atom. The van der Waals surface area contributed by atoms with Gasteiger partial charge in [-0.3, -0.25) is 5.41 Å². The van der Waals surface area contributed by atoms with Crippen LogP contribution in [0.4, 0.5) is 8.78 Å². The van der Waals surface area contributed by atoms with Gasteiger partial charge in [0.05, 0.1) is 5.84 Å². The number of benzene rings is 1. The summed E-state index contributed by atoms with van der Waals surface area (Å²) in [6, 6.07) is 1.51. The summed E-state index contributed by atoms with van der Waals surface area (Å²) in [6.45, 7) is 0. The number of aromatic hydroxyl groups is 1. The van der Waals surface area contributed by atoms with Crippen molar-refractivity contribution in [2.45, 2.75) is 6.42 Å². The van der Waals surface area contributed by atoms with Crippen molar-refractivity contribution in [3.63, 3.8) is 0 Å². The highest BCUT2D eigenvalue weighted by molar-refractivity contribution is 5.80. The van der Waals surface area contributed by atoms with Crippen LogP contribution in [0, 0.1) is 17.0 Å². The minimum Gasteiger partial charge on any atom is -0.505 e. The number of halogens is 2. The normalized spacial score (nSPS) is 10.0. The Hall–Kier alpha value is -1.65. The summed E-state index contributed by atoms with van der Waals surface area (Å²) < 4.78 is 25.3. The third-order valence-electron chi connectivity index (χ3n) is 1.49. The van der Waals surface area contributed by atoms with Gasteiger partial charge in [0.1, 0.15) is 5.82 Å². The van der Waals surface area contributed by atoms with Crippen molar-refractivity contribution >= 4 is 5.84 Å². The molecule has 0 saturated carbocycles. The Morgan fingerprint density at radius 2 is 2.08 bits per heavy atom. The molecule has 0 heterocycles. The lowest BCUT2D eigenvalue weighted by molar-refractivity contribution is 0.423. The van der Waals surface area contributed by atoms with Crippen LogP contribution in [0.25, 0.3) is 0 Å². The van der Waals surface area contributed by atoms with Gasteiger partial charge in [0.25, 0.3) is 0 Å². The minimum atomic E-state index is -1.05. The molecule has 0 amide bonds. The van der Waals surface area contributed by atoms with E-state index in [4.69, 9.17) is 16.2 Å². The lowest BCUT2D eigenvalue weighted by atomic mass is 10.1. The Kier molecular flexibility index (Phi) is 2.46. The summed E-state index contributed by atoms with van der Waals surface area (Å²) >= 11 is 0. The third kappa shape index (κ3) is 2.14. The van der Waals surface area contributed by atoms with Crippen molar-refractivity contribution in [1.29, 1.82) is 5.41 Å². The molecule has 0 unspecified atom stereocenters. The zero-order valence-electron chi connectivity index (χ0n) is 6.64. The van der Waals surface area contributed by atoms with E-state index in [0.717, 1.165) is 6.07 Å². The molecular weight excluding hydrogens is 178 g/mol. The first-order valence-electron chi connectivity index (χ1n) is 3.50. The first-order valence-corrected chi connectivity index (χ1v) is 3.50. The molecule has 1 aromatic rings. The molecule has 13 heavy (non-hydrogen) atoms. The number of phenolic OH excluding ortho intramolecular Hbond substituents is 1. The topological polar surface area (TPSA) is 70.1 Å². The summed E-state index contributed by atoms with van der Waals surface area (Å²) in [6.07, 6.45) is -0.166. The molecule has 3 nitrogen and oxygen atoms in total. The monoisotopic (exact) mass is 186 g/mol. The van der Waals surface area contributed by atoms with Crippen molar-refractivity contribution in [3.8, 4) is 5.75 Å². The molecule has 0 atom stereocenters. The summed E-state index contributed by atoms with van der Waals surface area (Å²) in [5.41, 5.74) is 5.00. The second kappa shape index (κ2) is 3.38. The van der Waals surface area contributed by atoms with E-state index in [0.29, 0.717) is 6.07 Å². The maximum atomic E-state index is 12.7. The molecule has 4 N–H and O–H groups in total. The predicted molar refractivity (Wildman–Crippen MR) is 43.6 cm³/mol. The largest absolute Gasteiger partial charge is 0.505 e. The number of rotatable bonds is 2. The van der Waals surface area contributed by atoms with Gasteiger partial charge in [-0.15, -0.1) is 0 Å². The molecule has 0 saturated heterocycles. The highest BCUT2D eigenvalue weighted by atomic mass is 19.1. The van der Waals surface area contributed by atoms with Gasteiger partial charge in [-0.1, -0.05) is 0 Å². The molecule has 0 aliphatic rings. The molecule has 0 aliphatic heterocycles. The van der Waals surface area contributed by atoms with Crippen molar-refractivity contribution < 1.29 is 13.9 Å². The van der Waals surface area contributed by atoms with E-state index < -0.39 is 17.4 Å². The molecular formula is C8H8F2N2O. The molecule has 0 bridgehead atoms. The predicted octanol–water partition coefficient (Wildman–Crippen LogP) is 1.15. The van der Waals surface area contributed by atoms with Crippen LogP contribution in [0.3, 0.4) is 0 Å². The lowest BCUT2D eigenvalue weighted by Gasteiger charge is -2.04. The zero-order chi connectivity index (χ0) is 10.0. The standard InChI is InChI=1S/C8H8F2N2O/c9-5-1-4(2-7(11)12)8(13)6(10)3-5/h1,3,13H,2H2,(H3,11,12). The van der Waals surface area contributed by atoms with Gasteiger partial charge in [-0.05, 0) is 6.07 Å². The van der Waals surface area contributed by atoms with E-state index in [2.05, 4.69) is 0 Å². The van der Waals surface area contributed by atoms with Crippen LogP contribution in [-0.4, -0.2) is 10.9 Å². The first-order chi connectivity index (χ1) is 6.00. The van der Waals surface area contributed by atoms with Crippen LogP contribution in [-0.2, 0) is 6.42 Å². The van der Waals surface area contributed by atoms with Crippen LogP contribution in [0.15, 0.2) is 12.1 Å². The molecule has 0 fully saturated rings. The number of amidine groups is 1. The van der Waals surface area contributed by atoms with Gasteiger partial charge >= 0.3 is 0 Å². The van der Waals surface area contributed by atoms with Crippen LogP contribution in [0.1, 0.15) is 5.56 Å². The van der Waals surface area contributed by atoms with Gasteiger partial charge in [0.15, 0.2) is 11.6 Å². The molecule has 0 spiro atoms. The lowest BCUT2D eigenvalue weighted by Crippen LogP contribution is -2.13. The number of hydrogen-bond donors (Lipinski definition) is 3. The fourth-order valence-corrected chi connectivity index (χ4v) is 0.959. The zero-order valence-corrected chi connectivity index (χ0v) is 6.64. The molecule has 1 rings (SSSR count). The fraction of sp³-hybridized carbons (Fsp3) is 0.125. The van der Waals surface area contributed by atoms with Gasteiger partial charge in [-0.2, -0.15) is 0 Å². The van der Waals surface area contributed by atoms with Crippen LogP contribution < -0.4 is 5.73 Å². The van der Waals surface area contributed by atoms with Crippen molar-refractivity contribution in [1.82, 2.24) is 0 Å². The fourth-order valence-electron chi connectivity index (χ4n) is 0.959. The van der Waals surface area contributed by atoms with Gasteiger partial charge < -0.3 is 10.8 Å². The van der Waals surface area contributed by atoms with E-state index in [1.165, 1.54) is 0 Å². The number of nitrogens with one attached hydrogen (secondary N) is 1. The van der Waals surface area contributed by atoms with E-state index in [-0.39, 0.29) is 17.8 Å². The SMILES string of the molecule is N=C(N)Cc1cc(F)cc(F)c1O. The molecule has 0 radical (unpaired) electrons. The van der Waals surface area contributed by atoms with Gasteiger partial charge in [0, 0.05) is 18.1 Å². The van der Waals surface area contributed by atoms with Gasteiger partial charge in [0.2, 0.25) is 0 Å². The Balaban J connectivity index is 3.12. The summed E-state index contributed by atoms with van der Waals surface area (Å²) in [5.74, 6) is -2.76. The maximum absolute atomic E-state index is 12.7. The summed E-state index contributed by atoms with van der Waals surface area (Å²) in [4.78, 5) is 0. The number of nitrogens with two attached hydrogens (primary N) is 1. The second-order valence-electron chi connectivity index (χ2n) is 2.60. The van der Waals surface area contributed by atoms with Crippen molar-refractivity contribution in [2.75, 3.05) is 0 Å².